The first-order valence-electron chi connectivity index (χ1n) is 7.51. The zero-order valence-corrected chi connectivity index (χ0v) is 12.0. The van der Waals surface area contributed by atoms with E-state index in [1.54, 1.807) is 4.90 Å². The largest absolute Gasteiger partial charge is 0.445 e. The molecule has 3 rings (SSSR count). The predicted molar refractivity (Wildman–Crippen MR) is 77.5 cm³/mol. The molecule has 2 unspecified atom stereocenters. The van der Waals surface area contributed by atoms with Gasteiger partial charge in [-0.15, -0.1) is 0 Å². The molecule has 1 aromatic carbocycles. The molecule has 1 heterocycles. The molecule has 0 aromatic heterocycles. The number of amides is 2. The van der Waals surface area contributed by atoms with Crippen LogP contribution in [0.2, 0.25) is 0 Å². The Bertz CT molecular complexity index is 518. The summed E-state index contributed by atoms with van der Waals surface area (Å²) in [5.41, 5.74) is 0.951. The molecule has 1 saturated heterocycles. The lowest BCUT2D eigenvalue weighted by Crippen LogP contribution is -2.62. The smallest absolute Gasteiger partial charge is 0.410 e. The van der Waals surface area contributed by atoms with Crippen LogP contribution < -0.4 is 5.32 Å². The van der Waals surface area contributed by atoms with Gasteiger partial charge in [-0.1, -0.05) is 43.2 Å². The number of hydrogen-bond donors (Lipinski definition) is 1. The molecule has 21 heavy (non-hydrogen) atoms. The summed E-state index contributed by atoms with van der Waals surface area (Å²) in [7, 11) is 0. The lowest BCUT2D eigenvalue weighted by molar-refractivity contribution is -0.127. The van der Waals surface area contributed by atoms with E-state index in [1.165, 1.54) is 0 Å². The van der Waals surface area contributed by atoms with Crippen LogP contribution in [0.5, 0.6) is 0 Å². The molecular formula is C16H20N2O3. The van der Waals surface area contributed by atoms with Gasteiger partial charge >= 0.3 is 6.09 Å². The quantitative estimate of drug-likeness (QED) is 0.906. The first kappa shape index (κ1) is 13.9. The Balaban J connectivity index is 1.63. The van der Waals surface area contributed by atoms with Crippen molar-refractivity contribution >= 4 is 12.0 Å². The normalized spacial score (nSPS) is 25.0. The monoisotopic (exact) mass is 288 g/mol. The van der Waals surface area contributed by atoms with Crippen LogP contribution in [-0.4, -0.2) is 35.5 Å². The second kappa shape index (κ2) is 6.16. The lowest BCUT2D eigenvalue weighted by atomic mass is 9.88. The van der Waals surface area contributed by atoms with Crippen LogP contribution in [0.3, 0.4) is 0 Å². The summed E-state index contributed by atoms with van der Waals surface area (Å²) in [5.74, 6) is -0.0881. The number of rotatable bonds is 2. The topological polar surface area (TPSA) is 58.6 Å². The van der Waals surface area contributed by atoms with Crippen LogP contribution in [-0.2, 0) is 16.1 Å². The summed E-state index contributed by atoms with van der Waals surface area (Å²) in [5, 5.41) is 2.99. The fourth-order valence-corrected chi connectivity index (χ4v) is 3.18. The molecule has 2 atom stereocenters. The van der Waals surface area contributed by atoms with Crippen LogP contribution in [0.4, 0.5) is 4.79 Å². The van der Waals surface area contributed by atoms with Gasteiger partial charge in [0.15, 0.2) is 0 Å². The lowest BCUT2D eigenvalue weighted by Gasteiger charge is -2.43. The first-order chi connectivity index (χ1) is 10.2. The third-order valence-electron chi connectivity index (χ3n) is 4.23. The average Bonchev–Trinajstić information content (AvgIpc) is 2.52. The first-order valence-corrected chi connectivity index (χ1v) is 7.51. The van der Waals surface area contributed by atoms with Gasteiger partial charge in [-0.05, 0) is 18.4 Å². The van der Waals surface area contributed by atoms with Crippen LogP contribution in [0.25, 0.3) is 0 Å². The number of piperazine rings is 1. The number of nitrogens with one attached hydrogen (secondary N) is 1. The Kier molecular flexibility index (Phi) is 4.08. The van der Waals surface area contributed by atoms with Crippen molar-refractivity contribution in [2.24, 2.45) is 0 Å². The van der Waals surface area contributed by atoms with Crippen molar-refractivity contribution in [1.29, 1.82) is 0 Å². The van der Waals surface area contributed by atoms with Crippen molar-refractivity contribution in [1.82, 2.24) is 10.2 Å². The molecule has 1 aliphatic carbocycles. The third kappa shape index (κ3) is 3.17. The Morgan fingerprint density at radius 1 is 1.24 bits per heavy atom. The Morgan fingerprint density at radius 3 is 2.81 bits per heavy atom. The highest BCUT2D eigenvalue weighted by atomic mass is 16.6. The van der Waals surface area contributed by atoms with E-state index in [4.69, 9.17) is 4.74 Å². The van der Waals surface area contributed by atoms with Crippen molar-refractivity contribution in [2.45, 2.75) is 44.4 Å². The molecule has 2 aliphatic rings. The molecule has 0 radical (unpaired) electrons. The number of benzene rings is 1. The number of carbonyl (C=O) groups excluding carboxylic acids is 2. The number of nitrogens with zero attached hydrogens (tertiary/aromatic N) is 1. The maximum atomic E-state index is 12.3. The predicted octanol–water partition coefficient (Wildman–Crippen LogP) is 2.07. The van der Waals surface area contributed by atoms with Crippen LogP contribution in [0.1, 0.15) is 31.2 Å². The fraction of sp³-hybridized carbons (Fsp3) is 0.500. The molecule has 0 spiro atoms. The summed E-state index contributed by atoms with van der Waals surface area (Å²) >= 11 is 0. The highest BCUT2D eigenvalue weighted by molar-refractivity contribution is 5.84. The molecule has 2 fully saturated rings. The van der Waals surface area contributed by atoms with Gasteiger partial charge in [0.1, 0.15) is 13.2 Å². The van der Waals surface area contributed by atoms with E-state index in [1.807, 2.05) is 30.3 Å². The molecular weight excluding hydrogens is 268 g/mol. The second-order valence-corrected chi connectivity index (χ2v) is 5.69. The van der Waals surface area contributed by atoms with Gasteiger partial charge in [0.05, 0.1) is 6.04 Å². The summed E-state index contributed by atoms with van der Waals surface area (Å²) in [4.78, 5) is 25.6. The summed E-state index contributed by atoms with van der Waals surface area (Å²) in [6, 6.07) is 9.75. The molecule has 1 saturated carbocycles. The zero-order valence-electron chi connectivity index (χ0n) is 12.0. The number of hydrogen-bond acceptors (Lipinski definition) is 3. The molecule has 1 aromatic rings. The third-order valence-corrected chi connectivity index (χ3v) is 4.23. The molecule has 0 bridgehead atoms. The summed E-state index contributed by atoms with van der Waals surface area (Å²) < 4.78 is 5.37. The Labute approximate surface area is 124 Å². The van der Waals surface area contributed by atoms with Gasteiger partial charge in [0.25, 0.3) is 0 Å². The maximum absolute atomic E-state index is 12.3. The minimum absolute atomic E-state index is 0.0831. The van der Waals surface area contributed by atoms with E-state index in [2.05, 4.69) is 5.32 Å². The number of fused-ring (bicyclic) bond motifs is 1. The Morgan fingerprint density at radius 2 is 2.00 bits per heavy atom. The van der Waals surface area contributed by atoms with E-state index in [0.717, 1.165) is 31.2 Å². The van der Waals surface area contributed by atoms with Crippen LogP contribution >= 0.6 is 0 Å². The number of carbonyl (C=O) groups is 2. The van der Waals surface area contributed by atoms with Gasteiger partial charge in [-0.2, -0.15) is 0 Å². The van der Waals surface area contributed by atoms with E-state index in [0.29, 0.717) is 0 Å². The van der Waals surface area contributed by atoms with Crippen LogP contribution in [0, 0.1) is 0 Å². The highest BCUT2D eigenvalue weighted by Gasteiger charge is 2.39. The zero-order chi connectivity index (χ0) is 14.7. The molecule has 1 aliphatic heterocycles. The van der Waals surface area contributed by atoms with Crippen molar-refractivity contribution in [2.75, 3.05) is 6.54 Å². The summed E-state index contributed by atoms with van der Waals surface area (Å²) in [6.07, 6.45) is 3.70. The second-order valence-electron chi connectivity index (χ2n) is 5.69. The molecule has 1 N–H and O–H groups in total. The van der Waals surface area contributed by atoms with E-state index >= 15 is 0 Å². The molecule has 112 valence electrons. The van der Waals surface area contributed by atoms with Crippen molar-refractivity contribution in [3.8, 4) is 0 Å². The molecule has 5 heteroatoms. The van der Waals surface area contributed by atoms with Crippen molar-refractivity contribution < 1.29 is 14.3 Å². The Hall–Kier alpha value is -2.04. The van der Waals surface area contributed by atoms with E-state index in [-0.39, 0.29) is 37.2 Å². The van der Waals surface area contributed by atoms with Crippen molar-refractivity contribution in [3.63, 3.8) is 0 Å². The van der Waals surface area contributed by atoms with Gasteiger partial charge in [-0.25, -0.2) is 4.79 Å². The summed E-state index contributed by atoms with van der Waals surface area (Å²) in [6.45, 7) is 0.351. The maximum Gasteiger partial charge on any atom is 0.410 e. The number of ether oxygens (including phenoxy) is 1. The van der Waals surface area contributed by atoms with E-state index < -0.39 is 0 Å². The standard InChI is InChI=1S/C16H20N2O3/c19-15-10-18(14-9-5-4-8-13(14)17-15)16(20)21-11-12-6-2-1-3-7-12/h1-3,6-7,13-14H,4-5,8-11H2,(H,17,19). The van der Waals surface area contributed by atoms with Crippen molar-refractivity contribution in [3.05, 3.63) is 35.9 Å². The van der Waals surface area contributed by atoms with Crippen LogP contribution in [0.15, 0.2) is 30.3 Å². The molecule has 5 nitrogen and oxygen atoms in total. The minimum atomic E-state index is -0.384. The van der Waals surface area contributed by atoms with Gasteiger partial charge < -0.3 is 10.1 Å². The van der Waals surface area contributed by atoms with Gasteiger partial charge in [0, 0.05) is 6.04 Å². The SMILES string of the molecule is O=C1CN(C(=O)OCc2ccccc2)C2CCCCC2N1. The van der Waals surface area contributed by atoms with Gasteiger partial charge in [0.2, 0.25) is 5.91 Å². The average molecular weight is 288 g/mol. The molecule has 2 amide bonds. The van der Waals surface area contributed by atoms with Gasteiger partial charge in [-0.3, -0.25) is 9.69 Å². The van der Waals surface area contributed by atoms with E-state index in [9.17, 15) is 9.59 Å². The fourth-order valence-electron chi connectivity index (χ4n) is 3.18. The highest BCUT2D eigenvalue weighted by Crippen LogP contribution is 2.26. The minimum Gasteiger partial charge on any atom is -0.445 e.